The van der Waals surface area contributed by atoms with E-state index < -0.39 is 6.10 Å². The minimum Gasteiger partial charge on any atom is -0.387 e. The molecule has 2 aromatic carbocycles. The van der Waals surface area contributed by atoms with Crippen LogP contribution in [0.2, 0.25) is 0 Å². The fourth-order valence-electron chi connectivity index (χ4n) is 4.90. The Hall–Kier alpha value is -3.62. The first-order chi connectivity index (χ1) is 17.5. The number of nitrogens with zero attached hydrogens (tertiary/aromatic N) is 4. The molecule has 4 aromatic rings. The summed E-state index contributed by atoms with van der Waals surface area (Å²) in [6.45, 7) is 4.99. The largest absolute Gasteiger partial charge is 0.387 e. The molecule has 186 valence electrons. The number of likely N-dealkylation sites (tertiary alicyclic amines) is 1. The highest BCUT2D eigenvalue weighted by atomic mass is 16.5. The lowest BCUT2D eigenvalue weighted by Gasteiger charge is -2.25. The third-order valence-corrected chi connectivity index (χ3v) is 6.75. The van der Waals surface area contributed by atoms with Crippen molar-refractivity contribution in [3.05, 3.63) is 65.7 Å². The van der Waals surface area contributed by atoms with Gasteiger partial charge in [-0.3, -0.25) is 9.69 Å². The van der Waals surface area contributed by atoms with Crippen molar-refractivity contribution in [2.75, 3.05) is 13.1 Å². The Balaban J connectivity index is 1.33. The minimum absolute atomic E-state index is 0.0896. The van der Waals surface area contributed by atoms with Gasteiger partial charge in [0.15, 0.2) is 11.5 Å². The number of aromatic nitrogens is 3. The number of aliphatic hydroxyl groups excluding tert-OH is 1. The number of hydrogen-bond donors (Lipinski definition) is 1. The standard InChI is InChI=1S/C28H30N4O4/c1-3-8-22-25(30-35-26(22)20-9-5-4-6-10-20)28-29-27(31-36-28)21-14-12-19(13-15-21)24(34)17-32-16-7-11-23(32)18(2)33/h4-6,9-10,12-15,23-24,34H,3,7-8,11,16-17H2,1-2H3. The predicted molar refractivity (Wildman–Crippen MR) is 135 cm³/mol. The maximum atomic E-state index is 11.9. The summed E-state index contributed by atoms with van der Waals surface area (Å²) in [5.74, 6) is 1.63. The average molecular weight is 487 g/mol. The molecule has 5 rings (SSSR count). The maximum Gasteiger partial charge on any atom is 0.280 e. The van der Waals surface area contributed by atoms with Crippen LogP contribution in [0.3, 0.4) is 0 Å². The topological polar surface area (TPSA) is 105 Å². The number of β-amino-alcohol motifs (C(OH)–C–C–N with tert-alkyl or cyclic N) is 1. The molecule has 8 nitrogen and oxygen atoms in total. The summed E-state index contributed by atoms with van der Waals surface area (Å²) in [6, 6.07) is 17.2. The van der Waals surface area contributed by atoms with Crippen LogP contribution in [0.1, 0.15) is 50.3 Å². The molecule has 1 fully saturated rings. The third-order valence-electron chi connectivity index (χ3n) is 6.75. The number of benzene rings is 2. The van der Waals surface area contributed by atoms with E-state index in [-0.39, 0.29) is 11.8 Å². The quantitative estimate of drug-likeness (QED) is 0.348. The Bertz CT molecular complexity index is 1310. The van der Waals surface area contributed by atoms with E-state index in [0.717, 1.165) is 60.2 Å². The first-order valence-electron chi connectivity index (χ1n) is 12.5. The van der Waals surface area contributed by atoms with Crippen LogP contribution in [-0.4, -0.2) is 50.2 Å². The number of carbonyl (C=O) groups is 1. The van der Waals surface area contributed by atoms with Crippen molar-refractivity contribution >= 4 is 5.78 Å². The smallest absolute Gasteiger partial charge is 0.280 e. The van der Waals surface area contributed by atoms with Crippen molar-refractivity contribution in [2.24, 2.45) is 0 Å². The molecule has 8 heteroatoms. The van der Waals surface area contributed by atoms with Crippen molar-refractivity contribution in [3.63, 3.8) is 0 Å². The molecule has 36 heavy (non-hydrogen) atoms. The molecule has 0 aliphatic carbocycles. The third kappa shape index (κ3) is 4.87. The number of rotatable bonds is 9. The number of aliphatic hydroxyl groups is 1. The molecule has 2 aromatic heterocycles. The van der Waals surface area contributed by atoms with Gasteiger partial charge in [0.25, 0.3) is 5.89 Å². The van der Waals surface area contributed by atoms with E-state index in [1.54, 1.807) is 6.92 Å². The van der Waals surface area contributed by atoms with Gasteiger partial charge in [-0.2, -0.15) is 4.98 Å². The van der Waals surface area contributed by atoms with Crippen molar-refractivity contribution in [3.8, 4) is 34.3 Å². The van der Waals surface area contributed by atoms with Crippen molar-refractivity contribution in [2.45, 2.75) is 51.7 Å². The summed E-state index contributed by atoms with van der Waals surface area (Å²) < 4.78 is 11.3. The predicted octanol–water partition coefficient (Wildman–Crippen LogP) is 5.10. The van der Waals surface area contributed by atoms with Crippen LogP contribution >= 0.6 is 0 Å². The lowest BCUT2D eigenvalue weighted by atomic mass is 10.0. The Morgan fingerprint density at radius 2 is 1.86 bits per heavy atom. The Labute approximate surface area is 209 Å². The fraction of sp³-hybridized carbons (Fsp3) is 0.357. The van der Waals surface area contributed by atoms with Crippen LogP contribution in [0.25, 0.3) is 34.3 Å². The molecule has 0 saturated carbocycles. The van der Waals surface area contributed by atoms with Gasteiger partial charge in [0, 0.05) is 23.2 Å². The molecule has 1 aliphatic rings. The van der Waals surface area contributed by atoms with E-state index in [4.69, 9.17) is 9.05 Å². The van der Waals surface area contributed by atoms with E-state index in [0.29, 0.717) is 24.0 Å². The van der Waals surface area contributed by atoms with E-state index in [1.807, 2.05) is 54.6 Å². The molecule has 0 amide bonds. The second-order valence-electron chi connectivity index (χ2n) is 9.28. The summed E-state index contributed by atoms with van der Waals surface area (Å²) in [5, 5.41) is 19.2. The molecule has 0 spiro atoms. The van der Waals surface area contributed by atoms with Crippen LogP contribution in [0.15, 0.2) is 63.6 Å². The number of hydrogen-bond acceptors (Lipinski definition) is 8. The highest BCUT2D eigenvalue weighted by Gasteiger charge is 2.30. The van der Waals surface area contributed by atoms with Crippen LogP contribution in [0, 0.1) is 0 Å². The van der Waals surface area contributed by atoms with Gasteiger partial charge in [0.2, 0.25) is 5.82 Å². The van der Waals surface area contributed by atoms with Crippen molar-refractivity contribution in [1.29, 1.82) is 0 Å². The van der Waals surface area contributed by atoms with Crippen LogP contribution in [0.4, 0.5) is 0 Å². The zero-order valence-corrected chi connectivity index (χ0v) is 20.6. The van der Waals surface area contributed by atoms with Crippen molar-refractivity contribution < 1.29 is 18.9 Å². The van der Waals surface area contributed by atoms with E-state index >= 15 is 0 Å². The van der Waals surface area contributed by atoms with Gasteiger partial charge in [-0.1, -0.05) is 78.3 Å². The normalized spacial score (nSPS) is 16.9. The Kier molecular flexibility index (Phi) is 7.06. The molecular weight excluding hydrogens is 456 g/mol. The van der Waals surface area contributed by atoms with Gasteiger partial charge in [-0.15, -0.1) is 0 Å². The van der Waals surface area contributed by atoms with Crippen molar-refractivity contribution in [1.82, 2.24) is 20.2 Å². The summed E-state index contributed by atoms with van der Waals surface area (Å²) in [5.41, 5.74) is 4.02. The van der Waals surface area contributed by atoms with E-state index in [2.05, 4.69) is 27.1 Å². The Morgan fingerprint density at radius 3 is 2.58 bits per heavy atom. The molecule has 1 N–H and O–H groups in total. The molecule has 3 heterocycles. The Morgan fingerprint density at radius 1 is 1.08 bits per heavy atom. The van der Waals surface area contributed by atoms with Crippen LogP contribution < -0.4 is 0 Å². The van der Waals surface area contributed by atoms with Crippen LogP contribution in [0.5, 0.6) is 0 Å². The van der Waals surface area contributed by atoms with E-state index in [1.165, 1.54) is 0 Å². The highest BCUT2D eigenvalue weighted by molar-refractivity contribution is 5.81. The fourth-order valence-corrected chi connectivity index (χ4v) is 4.90. The van der Waals surface area contributed by atoms with Gasteiger partial charge < -0.3 is 14.2 Å². The lowest BCUT2D eigenvalue weighted by Crippen LogP contribution is -2.37. The molecule has 0 bridgehead atoms. The summed E-state index contributed by atoms with van der Waals surface area (Å²) >= 11 is 0. The second-order valence-corrected chi connectivity index (χ2v) is 9.28. The van der Waals surface area contributed by atoms with Crippen LogP contribution in [-0.2, 0) is 11.2 Å². The summed E-state index contributed by atoms with van der Waals surface area (Å²) in [7, 11) is 0. The average Bonchev–Trinajstić information content (AvgIpc) is 3.65. The van der Waals surface area contributed by atoms with Gasteiger partial charge >= 0.3 is 0 Å². The summed E-state index contributed by atoms with van der Waals surface area (Å²) in [4.78, 5) is 18.5. The van der Waals surface area contributed by atoms with Gasteiger partial charge in [0.1, 0.15) is 5.78 Å². The zero-order valence-electron chi connectivity index (χ0n) is 20.6. The molecule has 0 radical (unpaired) electrons. The van der Waals surface area contributed by atoms with Gasteiger partial charge in [0.05, 0.1) is 12.1 Å². The number of carbonyl (C=O) groups excluding carboxylic acids is 1. The molecule has 2 unspecified atom stereocenters. The van der Waals surface area contributed by atoms with E-state index in [9.17, 15) is 9.90 Å². The zero-order chi connectivity index (χ0) is 25.1. The summed E-state index contributed by atoms with van der Waals surface area (Å²) in [6.07, 6.45) is 2.86. The molecule has 1 aliphatic heterocycles. The minimum atomic E-state index is -0.678. The molecule has 1 saturated heterocycles. The number of Topliss-reactive ketones (excluding diaryl/α,β-unsaturated/α-hetero) is 1. The monoisotopic (exact) mass is 486 g/mol. The first kappa shape index (κ1) is 24.1. The van der Waals surface area contributed by atoms with Gasteiger partial charge in [-0.05, 0) is 38.3 Å². The SMILES string of the molecule is CCCc1c(-c2nc(-c3ccc(C(O)CN4CCCC4C(C)=O)cc3)no2)noc1-c1ccccc1. The maximum absolute atomic E-state index is 11.9. The molecule has 2 atom stereocenters. The highest BCUT2D eigenvalue weighted by Crippen LogP contribution is 2.33. The number of ketones is 1. The lowest BCUT2D eigenvalue weighted by molar-refractivity contribution is -0.121. The molecular formula is C28H30N4O4. The van der Waals surface area contributed by atoms with Gasteiger partial charge in [-0.25, -0.2) is 0 Å². The second kappa shape index (κ2) is 10.6. The first-order valence-corrected chi connectivity index (χ1v) is 12.5.